The molecule has 0 spiro atoms. The van der Waals surface area contributed by atoms with E-state index in [1.807, 2.05) is 26.8 Å². The van der Waals surface area contributed by atoms with Crippen LogP contribution in [0.4, 0.5) is 11.5 Å². The second-order valence-corrected chi connectivity index (χ2v) is 4.57. The molecule has 6 nitrogen and oxygen atoms in total. The molecule has 0 atom stereocenters. The molecule has 20 heavy (non-hydrogen) atoms. The van der Waals surface area contributed by atoms with Gasteiger partial charge in [-0.15, -0.1) is 0 Å². The van der Waals surface area contributed by atoms with E-state index in [1.54, 1.807) is 16.9 Å². The number of nitrogens with one attached hydrogen (secondary N) is 1. The van der Waals surface area contributed by atoms with Crippen LogP contribution in [0.3, 0.4) is 0 Å². The molecule has 3 N–H and O–H groups in total. The SMILES string of the molecule is CCc1cc(C(=O)Nc2cc(C)c(N)cn2)n(CC)n1. The minimum atomic E-state index is -0.212. The van der Waals surface area contributed by atoms with Crippen molar-refractivity contribution in [2.75, 3.05) is 11.1 Å². The molecule has 0 radical (unpaired) electrons. The van der Waals surface area contributed by atoms with E-state index in [0.717, 1.165) is 17.7 Å². The number of aryl methyl sites for hydroxylation is 3. The maximum atomic E-state index is 12.3. The van der Waals surface area contributed by atoms with Crippen molar-refractivity contribution < 1.29 is 4.79 Å². The molecule has 1 amide bonds. The van der Waals surface area contributed by atoms with Gasteiger partial charge in [-0.1, -0.05) is 6.92 Å². The Bertz CT molecular complexity index is 632. The smallest absolute Gasteiger partial charge is 0.275 e. The Kier molecular flexibility index (Phi) is 4.02. The first-order valence-electron chi connectivity index (χ1n) is 6.65. The molecule has 0 unspecified atom stereocenters. The predicted molar refractivity (Wildman–Crippen MR) is 78.6 cm³/mol. The highest BCUT2D eigenvalue weighted by Crippen LogP contribution is 2.14. The maximum absolute atomic E-state index is 12.3. The highest BCUT2D eigenvalue weighted by Gasteiger charge is 2.14. The van der Waals surface area contributed by atoms with Crippen LogP contribution in [0.15, 0.2) is 18.3 Å². The minimum absolute atomic E-state index is 0.212. The summed E-state index contributed by atoms with van der Waals surface area (Å²) in [6.07, 6.45) is 2.34. The summed E-state index contributed by atoms with van der Waals surface area (Å²) in [4.78, 5) is 16.4. The van der Waals surface area contributed by atoms with Crippen LogP contribution < -0.4 is 11.1 Å². The zero-order valence-electron chi connectivity index (χ0n) is 12.0. The number of carbonyl (C=O) groups excluding carboxylic acids is 1. The summed E-state index contributed by atoms with van der Waals surface area (Å²) in [5, 5.41) is 7.13. The number of nitrogens with two attached hydrogens (primary N) is 1. The fraction of sp³-hybridized carbons (Fsp3) is 0.357. The fourth-order valence-corrected chi connectivity index (χ4v) is 1.88. The van der Waals surface area contributed by atoms with E-state index in [-0.39, 0.29) is 5.91 Å². The van der Waals surface area contributed by atoms with Gasteiger partial charge in [0.25, 0.3) is 5.91 Å². The predicted octanol–water partition coefficient (Wildman–Crippen LogP) is 2.00. The van der Waals surface area contributed by atoms with Crippen molar-refractivity contribution in [2.24, 2.45) is 0 Å². The number of hydrogen-bond acceptors (Lipinski definition) is 4. The number of aromatic nitrogens is 3. The first-order chi connectivity index (χ1) is 9.55. The Balaban J connectivity index is 2.23. The van der Waals surface area contributed by atoms with Crippen LogP contribution in [-0.2, 0) is 13.0 Å². The lowest BCUT2D eigenvalue weighted by molar-refractivity contribution is 0.101. The second-order valence-electron chi connectivity index (χ2n) is 4.57. The van der Waals surface area contributed by atoms with E-state index in [9.17, 15) is 4.79 Å². The number of anilines is 2. The molecule has 6 heteroatoms. The molecule has 2 aromatic rings. The first kappa shape index (κ1) is 14.0. The van der Waals surface area contributed by atoms with Gasteiger partial charge >= 0.3 is 0 Å². The number of hydrogen-bond donors (Lipinski definition) is 2. The van der Waals surface area contributed by atoms with Gasteiger partial charge in [-0.3, -0.25) is 9.48 Å². The standard InChI is InChI=1S/C14H19N5O/c1-4-10-7-12(19(5-2)18-10)14(20)17-13-6-9(3)11(15)8-16-13/h6-8H,4-5,15H2,1-3H3,(H,16,17,20). The van der Waals surface area contributed by atoms with Crippen molar-refractivity contribution in [3.63, 3.8) is 0 Å². The Morgan fingerprint density at radius 3 is 2.75 bits per heavy atom. The molecule has 2 rings (SSSR count). The molecule has 0 saturated carbocycles. The normalized spacial score (nSPS) is 10.6. The van der Waals surface area contributed by atoms with Crippen molar-refractivity contribution in [1.29, 1.82) is 0 Å². The molecular weight excluding hydrogens is 254 g/mol. The van der Waals surface area contributed by atoms with Gasteiger partial charge in [-0.05, 0) is 38.0 Å². The van der Waals surface area contributed by atoms with E-state index >= 15 is 0 Å². The van der Waals surface area contributed by atoms with Crippen molar-refractivity contribution in [1.82, 2.24) is 14.8 Å². The first-order valence-corrected chi connectivity index (χ1v) is 6.65. The average molecular weight is 273 g/mol. The van der Waals surface area contributed by atoms with Crippen LogP contribution in [0.25, 0.3) is 0 Å². The molecule has 106 valence electrons. The van der Waals surface area contributed by atoms with Crippen molar-refractivity contribution in [2.45, 2.75) is 33.7 Å². The highest BCUT2D eigenvalue weighted by molar-refractivity contribution is 6.02. The van der Waals surface area contributed by atoms with E-state index in [4.69, 9.17) is 5.73 Å². The third kappa shape index (κ3) is 2.79. The van der Waals surface area contributed by atoms with Gasteiger partial charge < -0.3 is 11.1 Å². The summed E-state index contributed by atoms with van der Waals surface area (Å²) >= 11 is 0. The Morgan fingerprint density at radius 2 is 2.15 bits per heavy atom. The van der Waals surface area contributed by atoms with Crippen LogP contribution in [0, 0.1) is 6.92 Å². The van der Waals surface area contributed by atoms with Gasteiger partial charge in [0.2, 0.25) is 0 Å². The summed E-state index contributed by atoms with van der Waals surface area (Å²) in [7, 11) is 0. The van der Waals surface area contributed by atoms with Gasteiger partial charge in [0.15, 0.2) is 0 Å². The second kappa shape index (κ2) is 5.73. The van der Waals surface area contributed by atoms with E-state index in [1.165, 1.54) is 0 Å². The lowest BCUT2D eigenvalue weighted by Gasteiger charge is -2.07. The molecule has 0 bridgehead atoms. The van der Waals surface area contributed by atoms with Crippen LogP contribution in [0.5, 0.6) is 0 Å². The molecule has 0 saturated heterocycles. The Labute approximate surface area is 118 Å². The van der Waals surface area contributed by atoms with Gasteiger partial charge in [-0.2, -0.15) is 5.10 Å². The number of carbonyl (C=O) groups is 1. The highest BCUT2D eigenvalue weighted by atomic mass is 16.2. The minimum Gasteiger partial charge on any atom is -0.397 e. The summed E-state index contributed by atoms with van der Waals surface area (Å²) in [5.74, 6) is 0.277. The Hall–Kier alpha value is -2.37. The van der Waals surface area contributed by atoms with E-state index < -0.39 is 0 Å². The van der Waals surface area contributed by atoms with Crippen LogP contribution >= 0.6 is 0 Å². The number of nitrogen functional groups attached to an aromatic ring is 1. The molecule has 0 aliphatic carbocycles. The van der Waals surface area contributed by atoms with E-state index in [2.05, 4.69) is 15.4 Å². The quantitative estimate of drug-likeness (QED) is 0.892. The Morgan fingerprint density at radius 1 is 1.40 bits per heavy atom. The van der Waals surface area contributed by atoms with Gasteiger partial charge in [0.1, 0.15) is 11.5 Å². The average Bonchev–Trinajstić information content (AvgIpc) is 2.86. The fourth-order valence-electron chi connectivity index (χ4n) is 1.88. The van der Waals surface area contributed by atoms with Crippen LogP contribution in [0.1, 0.15) is 35.6 Å². The summed E-state index contributed by atoms with van der Waals surface area (Å²) in [6, 6.07) is 3.56. The molecule has 0 aliphatic heterocycles. The topological polar surface area (TPSA) is 85.8 Å². The lowest BCUT2D eigenvalue weighted by atomic mass is 10.2. The van der Waals surface area contributed by atoms with E-state index in [0.29, 0.717) is 23.7 Å². The molecule has 2 heterocycles. The number of nitrogens with zero attached hydrogens (tertiary/aromatic N) is 3. The lowest BCUT2D eigenvalue weighted by Crippen LogP contribution is -2.18. The summed E-state index contributed by atoms with van der Waals surface area (Å²) < 4.78 is 1.69. The van der Waals surface area contributed by atoms with Gasteiger partial charge in [0.05, 0.1) is 17.6 Å². The summed E-state index contributed by atoms with van der Waals surface area (Å²) in [6.45, 7) is 6.48. The van der Waals surface area contributed by atoms with Crippen LogP contribution in [0.2, 0.25) is 0 Å². The monoisotopic (exact) mass is 273 g/mol. The molecule has 2 aromatic heterocycles. The van der Waals surface area contributed by atoms with Crippen LogP contribution in [-0.4, -0.2) is 20.7 Å². The summed E-state index contributed by atoms with van der Waals surface area (Å²) in [5.41, 5.74) is 8.64. The molecule has 0 fully saturated rings. The third-order valence-corrected chi connectivity index (χ3v) is 3.12. The zero-order valence-corrected chi connectivity index (χ0v) is 12.0. The number of rotatable bonds is 4. The molecule has 0 aromatic carbocycles. The number of amides is 1. The number of pyridine rings is 1. The van der Waals surface area contributed by atoms with Crippen molar-refractivity contribution >= 4 is 17.4 Å². The molecule has 0 aliphatic rings. The van der Waals surface area contributed by atoms with Gasteiger partial charge in [0, 0.05) is 6.54 Å². The third-order valence-electron chi connectivity index (χ3n) is 3.12. The molecular formula is C14H19N5O. The van der Waals surface area contributed by atoms with Crippen molar-refractivity contribution in [3.05, 3.63) is 35.3 Å². The maximum Gasteiger partial charge on any atom is 0.275 e. The van der Waals surface area contributed by atoms with Gasteiger partial charge in [-0.25, -0.2) is 4.98 Å². The largest absolute Gasteiger partial charge is 0.397 e. The zero-order chi connectivity index (χ0) is 14.7. The van der Waals surface area contributed by atoms with Crippen molar-refractivity contribution in [3.8, 4) is 0 Å².